The number of aryl methyl sites for hydroxylation is 1. The molecule has 0 fully saturated rings. The minimum absolute atomic E-state index is 0.191. The van der Waals surface area contributed by atoms with Crippen LogP contribution in [-0.2, 0) is 0 Å². The second kappa shape index (κ2) is 12.8. The molecule has 6 heteroatoms. The number of furan rings is 1. The number of nitrogens with zero attached hydrogens (tertiary/aromatic N) is 3. The molecule has 2 atom stereocenters. The van der Waals surface area contributed by atoms with Crippen molar-refractivity contribution < 1.29 is 4.42 Å². The molecular weight excluding hydrogens is 711 g/mol. The lowest BCUT2D eigenvalue weighted by Crippen LogP contribution is -2.47. The zero-order valence-corrected chi connectivity index (χ0v) is 31.7. The van der Waals surface area contributed by atoms with Gasteiger partial charge in [0, 0.05) is 32.6 Å². The predicted molar refractivity (Wildman–Crippen MR) is 239 cm³/mol. The van der Waals surface area contributed by atoms with Gasteiger partial charge in [-0.1, -0.05) is 139 Å². The fourth-order valence-electron chi connectivity index (χ4n) is 9.14. The molecule has 1 aliphatic rings. The average Bonchev–Trinajstić information content (AvgIpc) is 3.95. The molecule has 11 aromatic rings. The van der Waals surface area contributed by atoms with E-state index in [4.69, 9.17) is 9.41 Å². The van der Waals surface area contributed by atoms with Crippen molar-refractivity contribution in [3.8, 4) is 16.8 Å². The van der Waals surface area contributed by atoms with Crippen LogP contribution >= 0.6 is 0 Å². The van der Waals surface area contributed by atoms with Crippen LogP contribution in [0.5, 0.6) is 0 Å². The summed E-state index contributed by atoms with van der Waals surface area (Å²) >= 11 is 0. The number of benzene rings is 8. The maximum atomic E-state index is 6.72. The Balaban J connectivity index is 1.12. The first kappa shape index (κ1) is 32.8. The van der Waals surface area contributed by atoms with Crippen molar-refractivity contribution in [3.05, 3.63) is 199 Å². The second-order valence-electron chi connectivity index (χ2n) is 15.3. The molecule has 3 aromatic heterocycles. The van der Waals surface area contributed by atoms with Gasteiger partial charge in [0.1, 0.15) is 23.5 Å². The maximum absolute atomic E-state index is 6.72. The largest absolute Gasteiger partial charge is 0.455 e. The highest BCUT2D eigenvalue weighted by molar-refractivity contribution is 6.31. The first-order valence-corrected chi connectivity index (χ1v) is 19.9. The van der Waals surface area contributed by atoms with Crippen LogP contribution in [0.2, 0.25) is 0 Å². The standard InChI is InChI=1S/C52H37N5O/c1-32-20-22-35(23-21-32)50-53-51(36-26-24-34(25-27-36)33-12-4-2-5-13-33)55-52(54-50)57-42-18-10-8-17-40(42)46-43(57)31-29-41-47-44(56(48(41)46)37-14-6-3-7-15-37)30-28-39-38-16-9-11-19-45(38)58-49(39)47/h2-31,50-51,53H,1H3,(H,54,55). The van der Waals surface area contributed by atoms with Gasteiger partial charge in [-0.05, 0) is 77.7 Å². The van der Waals surface area contributed by atoms with Crippen LogP contribution in [0.3, 0.4) is 0 Å². The molecule has 0 aliphatic carbocycles. The minimum atomic E-state index is -0.301. The van der Waals surface area contributed by atoms with Crippen LogP contribution in [-0.4, -0.2) is 15.1 Å². The van der Waals surface area contributed by atoms with Crippen LogP contribution in [0, 0.1) is 6.92 Å². The summed E-state index contributed by atoms with van der Waals surface area (Å²) in [5.74, 6) is 0.786. The van der Waals surface area contributed by atoms with E-state index in [0.717, 1.165) is 88.3 Å². The molecule has 0 saturated heterocycles. The number of aliphatic imine (C=N–C) groups is 1. The van der Waals surface area contributed by atoms with Crippen LogP contribution in [0.25, 0.3) is 82.4 Å². The Bertz CT molecular complexity index is 3390. The summed E-state index contributed by atoms with van der Waals surface area (Å²) in [5.41, 5.74) is 13.1. The third-order valence-electron chi connectivity index (χ3n) is 11.9. The SMILES string of the molecule is Cc1ccc(C2NC(n3c4ccccc4c4c3ccc3c5c6oc7ccccc7c6ccc5n(-c5ccccc5)c34)=NC(c3ccc(-c4ccccc4)cc3)N2)cc1. The molecule has 276 valence electrons. The molecule has 0 spiro atoms. The first-order valence-electron chi connectivity index (χ1n) is 19.9. The van der Waals surface area contributed by atoms with E-state index in [9.17, 15) is 0 Å². The van der Waals surface area contributed by atoms with E-state index >= 15 is 0 Å². The highest BCUT2D eigenvalue weighted by Crippen LogP contribution is 2.45. The van der Waals surface area contributed by atoms with Crippen molar-refractivity contribution in [2.45, 2.75) is 19.3 Å². The molecule has 0 amide bonds. The number of para-hydroxylation sites is 3. The molecule has 8 aromatic carbocycles. The van der Waals surface area contributed by atoms with Crippen molar-refractivity contribution in [3.63, 3.8) is 0 Å². The van der Waals surface area contributed by atoms with Crippen molar-refractivity contribution >= 4 is 71.5 Å². The van der Waals surface area contributed by atoms with Gasteiger partial charge in [-0.2, -0.15) is 0 Å². The lowest BCUT2D eigenvalue weighted by molar-refractivity contribution is 0.403. The Labute approximate surface area is 334 Å². The van der Waals surface area contributed by atoms with E-state index < -0.39 is 0 Å². The summed E-state index contributed by atoms with van der Waals surface area (Å²) in [6.45, 7) is 2.13. The highest BCUT2D eigenvalue weighted by Gasteiger charge is 2.29. The second-order valence-corrected chi connectivity index (χ2v) is 15.3. The summed E-state index contributed by atoms with van der Waals surface area (Å²) < 4.78 is 11.5. The zero-order valence-electron chi connectivity index (χ0n) is 31.7. The molecule has 4 heterocycles. The monoisotopic (exact) mass is 747 g/mol. The van der Waals surface area contributed by atoms with Crippen molar-refractivity contribution in [2.75, 3.05) is 0 Å². The van der Waals surface area contributed by atoms with Crippen LogP contribution < -0.4 is 10.6 Å². The van der Waals surface area contributed by atoms with Crippen LogP contribution in [0.4, 0.5) is 0 Å². The average molecular weight is 748 g/mol. The Morgan fingerprint density at radius 2 is 1.14 bits per heavy atom. The van der Waals surface area contributed by atoms with Gasteiger partial charge in [0.05, 0.1) is 27.5 Å². The quantitative estimate of drug-likeness (QED) is 0.188. The number of hydrogen-bond acceptors (Lipinski definition) is 4. The molecule has 58 heavy (non-hydrogen) atoms. The van der Waals surface area contributed by atoms with E-state index in [0.29, 0.717) is 0 Å². The Morgan fingerprint density at radius 3 is 1.93 bits per heavy atom. The van der Waals surface area contributed by atoms with E-state index in [2.05, 4.69) is 203 Å². The van der Waals surface area contributed by atoms with Crippen LogP contribution in [0.1, 0.15) is 29.0 Å². The summed E-state index contributed by atoms with van der Waals surface area (Å²) in [7, 11) is 0. The van der Waals surface area contributed by atoms with Gasteiger partial charge in [0.25, 0.3) is 0 Å². The Kier molecular flexibility index (Phi) is 7.25. The van der Waals surface area contributed by atoms with Crippen molar-refractivity contribution in [2.24, 2.45) is 4.99 Å². The van der Waals surface area contributed by atoms with Gasteiger partial charge in [0.15, 0.2) is 0 Å². The van der Waals surface area contributed by atoms with Gasteiger partial charge in [0.2, 0.25) is 5.96 Å². The first-order chi connectivity index (χ1) is 28.7. The fraction of sp³-hybridized carbons (Fsp3) is 0.0577. The van der Waals surface area contributed by atoms with Crippen molar-refractivity contribution in [1.29, 1.82) is 0 Å². The fourth-order valence-corrected chi connectivity index (χ4v) is 9.14. The molecule has 1 aliphatic heterocycles. The number of hydrogen-bond donors (Lipinski definition) is 2. The highest BCUT2D eigenvalue weighted by atomic mass is 16.3. The third kappa shape index (κ3) is 4.98. The lowest BCUT2D eigenvalue weighted by Gasteiger charge is -2.32. The summed E-state index contributed by atoms with van der Waals surface area (Å²) in [6, 6.07) is 64.8. The van der Waals surface area contributed by atoms with Gasteiger partial charge >= 0.3 is 0 Å². The van der Waals surface area contributed by atoms with E-state index in [1.54, 1.807) is 0 Å². The number of fused-ring (bicyclic) bond motifs is 11. The van der Waals surface area contributed by atoms with E-state index in [1.807, 2.05) is 6.07 Å². The van der Waals surface area contributed by atoms with Gasteiger partial charge in [-0.25, -0.2) is 4.99 Å². The normalized spacial score (nSPS) is 15.8. The minimum Gasteiger partial charge on any atom is -0.455 e. The predicted octanol–water partition coefficient (Wildman–Crippen LogP) is 12.6. The zero-order chi connectivity index (χ0) is 38.3. The molecule has 2 N–H and O–H groups in total. The summed E-state index contributed by atoms with van der Waals surface area (Å²) in [6.07, 6.45) is -0.492. The van der Waals surface area contributed by atoms with Gasteiger partial charge in [-0.15, -0.1) is 0 Å². The molecular formula is C52H37N5O. The Morgan fingerprint density at radius 1 is 0.500 bits per heavy atom. The van der Waals surface area contributed by atoms with Gasteiger partial charge < -0.3 is 14.3 Å². The third-order valence-corrected chi connectivity index (χ3v) is 11.9. The Hall–Kier alpha value is -7.41. The summed E-state index contributed by atoms with van der Waals surface area (Å²) in [4.78, 5) is 5.49. The molecule has 0 saturated carbocycles. The van der Waals surface area contributed by atoms with E-state index in [-0.39, 0.29) is 12.3 Å². The topological polar surface area (TPSA) is 59.4 Å². The molecule has 2 unspecified atom stereocenters. The molecule has 0 bridgehead atoms. The smallest absolute Gasteiger partial charge is 0.206 e. The summed E-state index contributed by atoms with van der Waals surface area (Å²) in [5, 5.41) is 14.5. The van der Waals surface area contributed by atoms with Crippen molar-refractivity contribution in [1.82, 2.24) is 19.8 Å². The maximum Gasteiger partial charge on any atom is 0.206 e. The molecule has 6 nitrogen and oxygen atoms in total. The van der Waals surface area contributed by atoms with Gasteiger partial charge in [-0.3, -0.25) is 9.88 Å². The van der Waals surface area contributed by atoms with E-state index in [1.165, 1.54) is 16.7 Å². The van der Waals surface area contributed by atoms with Crippen LogP contribution in [0.15, 0.2) is 191 Å². The molecule has 0 radical (unpaired) electrons. The number of nitrogens with one attached hydrogen (secondary N) is 2. The molecule has 12 rings (SSSR count). The lowest BCUT2D eigenvalue weighted by atomic mass is 10.0. The number of aromatic nitrogens is 2. The number of rotatable bonds is 4.